The lowest BCUT2D eigenvalue weighted by atomic mass is 10.1. The molecule has 0 aliphatic carbocycles. The van der Waals surface area contributed by atoms with Crippen LogP contribution >= 0.6 is 0 Å². The Balaban J connectivity index is 4.50. The molecule has 0 saturated heterocycles. The summed E-state index contributed by atoms with van der Waals surface area (Å²) >= 11 is 0. The highest BCUT2D eigenvalue weighted by Gasteiger charge is 2.19. The van der Waals surface area contributed by atoms with Crippen LogP contribution in [0.2, 0.25) is 0 Å². The number of unbranched alkanes of at least 4 members (excludes halogenated alkanes) is 17. The van der Waals surface area contributed by atoms with Gasteiger partial charge in [0.1, 0.15) is 13.2 Å². The van der Waals surface area contributed by atoms with Gasteiger partial charge in [-0.1, -0.05) is 225 Å². The van der Waals surface area contributed by atoms with Crippen LogP contribution in [0.15, 0.2) is 134 Å². The lowest BCUT2D eigenvalue weighted by Gasteiger charge is -2.18. The molecule has 0 aliphatic rings. The fourth-order valence-corrected chi connectivity index (χ4v) is 7.44. The number of ether oxygens (including phenoxy) is 3. The Hall–Kier alpha value is -4.45. The maximum atomic E-state index is 12.9. The van der Waals surface area contributed by atoms with Crippen LogP contribution in [0.4, 0.5) is 0 Å². The average Bonchev–Trinajstić information content (AvgIpc) is 3.37. The molecule has 0 aromatic carbocycles. The third kappa shape index (κ3) is 56.3. The van der Waals surface area contributed by atoms with E-state index in [1.807, 2.05) is 0 Å². The Morgan fingerprint density at radius 3 is 0.803 bits per heavy atom. The van der Waals surface area contributed by atoms with E-state index in [9.17, 15) is 14.4 Å². The van der Waals surface area contributed by atoms with Crippen LogP contribution in [0.3, 0.4) is 0 Å². The van der Waals surface area contributed by atoms with Crippen LogP contribution in [-0.4, -0.2) is 37.2 Å². The van der Waals surface area contributed by atoms with Gasteiger partial charge < -0.3 is 14.2 Å². The zero-order chi connectivity index (χ0) is 51.4. The lowest BCUT2D eigenvalue weighted by molar-refractivity contribution is -0.167. The summed E-state index contributed by atoms with van der Waals surface area (Å²) in [4.78, 5) is 38.2. The molecule has 0 aromatic rings. The van der Waals surface area contributed by atoms with E-state index in [1.54, 1.807) is 0 Å². The van der Waals surface area contributed by atoms with E-state index < -0.39 is 6.10 Å². The molecule has 0 aliphatic heterocycles. The van der Waals surface area contributed by atoms with Gasteiger partial charge in [-0.05, 0) is 128 Å². The molecular formula is C65H104O6. The Labute approximate surface area is 436 Å². The first kappa shape index (κ1) is 66.6. The second kappa shape index (κ2) is 58.1. The third-order valence-electron chi connectivity index (χ3n) is 11.6. The maximum absolute atomic E-state index is 12.9. The van der Waals surface area contributed by atoms with Gasteiger partial charge in [0.05, 0.1) is 0 Å². The van der Waals surface area contributed by atoms with Crippen molar-refractivity contribution < 1.29 is 28.6 Å². The van der Waals surface area contributed by atoms with Crippen LogP contribution in [0.25, 0.3) is 0 Å². The summed E-state index contributed by atoms with van der Waals surface area (Å²) in [6, 6.07) is 0. The molecule has 0 heterocycles. The molecule has 0 spiro atoms. The SMILES string of the molecule is CC/C=C\C/C=C\C/C=C\C/C=C\C/C=C\CCCCCC(=O)OCC(COC(=O)CCCCCCCCC/C=C\C/C=C\C/C=C\CC)OC(=O)CCCCCCCCC/C=C\C/C=C\C/C=C\CC. The van der Waals surface area contributed by atoms with Crippen LogP contribution in [0.1, 0.15) is 239 Å². The van der Waals surface area contributed by atoms with Gasteiger partial charge in [0.15, 0.2) is 6.10 Å². The summed E-state index contributed by atoms with van der Waals surface area (Å²) in [5.74, 6) is -0.958. The first-order valence-electron chi connectivity index (χ1n) is 28.7. The molecule has 0 aromatic heterocycles. The van der Waals surface area contributed by atoms with E-state index >= 15 is 0 Å². The summed E-state index contributed by atoms with van der Waals surface area (Å²) in [7, 11) is 0. The molecule has 1 atom stereocenters. The average molecular weight is 982 g/mol. The molecular weight excluding hydrogens is 877 g/mol. The smallest absolute Gasteiger partial charge is 0.306 e. The van der Waals surface area contributed by atoms with Crippen molar-refractivity contribution in [1.82, 2.24) is 0 Å². The van der Waals surface area contributed by atoms with Crippen LogP contribution in [-0.2, 0) is 28.6 Å². The van der Waals surface area contributed by atoms with Gasteiger partial charge in [-0.2, -0.15) is 0 Å². The number of esters is 3. The molecule has 0 rings (SSSR count). The topological polar surface area (TPSA) is 78.9 Å². The van der Waals surface area contributed by atoms with Gasteiger partial charge in [0.2, 0.25) is 0 Å². The maximum Gasteiger partial charge on any atom is 0.306 e. The van der Waals surface area contributed by atoms with Crippen molar-refractivity contribution in [1.29, 1.82) is 0 Å². The molecule has 71 heavy (non-hydrogen) atoms. The number of carbonyl (C=O) groups excluding carboxylic acids is 3. The van der Waals surface area contributed by atoms with E-state index in [0.717, 1.165) is 148 Å². The molecule has 6 heteroatoms. The molecule has 0 saturated carbocycles. The molecule has 0 fully saturated rings. The van der Waals surface area contributed by atoms with Gasteiger partial charge in [0.25, 0.3) is 0 Å². The van der Waals surface area contributed by atoms with Crippen LogP contribution in [0.5, 0.6) is 0 Å². The van der Waals surface area contributed by atoms with Crippen molar-refractivity contribution in [2.45, 2.75) is 245 Å². The zero-order valence-electron chi connectivity index (χ0n) is 45.7. The highest BCUT2D eigenvalue weighted by atomic mass is 16.6. The van der Waals surface area contributed by atoms with Crippen molar-refractivity contribution in [3.05, 3.63) is 134 Å². The monoisotopic (exact) mass is 981 g/mol. The first-order valence-corrected chi connectivity index (χ1v) is 28.7. The Morgan fingerprint density at radius 1 is 0.282 bits per heavy atom. The minimum absolute atomic E-state index is 0.103. The van der Waals surface area contributed by atoms with E-state index in [1.165, 1.54) is 51.4 Å². The number of hydrogen-bond acceptors (Lipinski definition) is 6. The van der Waals surface area contributed by atoms with E-state index in [4.69, 9.17) is 14.2 Å². The lowest BCUT2D eigenvalue weighted by Crippen LogP contribution is -2.30. The fourth-order valence-electron chi connectivity index (χ4n) is 7.44. The quantitative estimate of drug-likeness (QED) is 0.0262. The molecule has 6 nitrogen and oxygen atoms in total. The summed E-state index contributed by atoms with van der Waals surface area (Å²) in [6.07, 6.45) is 81.5. The molecule has 400 valence electrons. The predicted octanol–water partition coefficient (Wildman–Crippen LogP) is 19.4. The van der Waals surface area contributed by atoms with Gasteiger partial charge >= 0.3 is 17.9 Å². The second-order valence-electron chi connectivity index (χ2n) is 18.4. The minimum atomic E-state index is -0.807. The van der Waals surface area contributed by atoms with Gasteiger partial charge in [-0.25, -0.2) is 0 Å². The molecule has 0 N–H and O–H groups in total. The van der Waals surface area contributed by atoms with Gasteiger partial charge in [0, 0.05) is 19.3 Å². The highest BCUT2D eigenvalue weighted by molar-refractivity contribution is 5.71. The summed E-state index contributed by atoms with van der Waals surface area (Å²) in [5.41, 5.74) is 0. The summed E-state index contributed by atoms with van der Waals surface area (Å²) in [5, 5.41) is 0. The molecule has 0 amide bonds. The van der Waals surface area contributed by atoms with Crippen molar-refractivity contribution in [3.8, 4) is 0 Å². The predicted molar refractivity (Wildman–Crippen MR) is 306 cm³/mol. The van der Waals surface area contributed by atoms with Crippen molar-refractivity contribution in [2.75, 3.05) is 13.2 Å². The fraction of sp³-hybridized carbons (Fsp3) is 0.615. The van der Waals surface area contributed by atoms with Crippen LogP contribution < -0.4 is 0 Å². The van der Waals surface area contributed by atoms with Gasteiger partial charge in [-0.15, -0.1) is 0 Å². The third-order valence-corrected chi connectivity index (χ3v) is 11.6. The van der Waals surface area contributed by atoms with Crippen LogP contribution in [0, 0.1) is 0 Å². The van der Waals surface area contributed by atoms with Gasteiger partial charge in [-0.3, -0.25) is 14.4 Å². The van der Waals surface area contributed by atoms with E-state index in [2.05, 4.69) is 154 Å². The Kier molecular flexibility index (Phi) is 54.5. The standard InChI is InChI=1S/C65H104O6/c1-4-7-10-13-16-19-22-25-28-31-32-35-37-40-43-46-49-52-55-58-64(67)70-61-62(71-65(68)59-56-53-50-47-44-41-38-34-30-27-24-21-18-15-12-9-6-3)60-69-63(66)57-54-51-48-45-42-39-36-33-29-26-23-20-17-14-11-8-5-2/h7-12,16-21,25-30,32,35,40,43,62H,4-6,13-15,22-24,31,33-34,36-39,41-42,44-61H2,1-3H3/b10-7-,11-8-,12-9-,19-16-,20-17-,21-18-,28-25-,29-26-,30-27-,35-32-,43-40-. The number of carbonyl (C=O) groups is 3. The zero-order valence-corrected chi connectivity index (χ0v) is 45.7. The minimum Gasteiger partial charge on any atom is -0.462 e. The first-order chi connectivity index (χ1) is 35.0. The number of allylic oxidation sites excluding steroid dienone is 22. The molecule has 1 unspecified atom stereocenters. The number of hydrogen-bond donors (Lipinski definition) is 0. The van der Waals surface area contributed by atoms with Crippen molar-refractivity contribution in [2.24, 2.45) is 0 Å². The molecule has 0 bridgehead atoms. The second-order valence-corrected chi connectivity index (χ2v) is 18.4. The van der Waals surface area contributed by atoms with E-state index in [0.29, 0.717) is 19.3 Å². The van der Waals surface area contributed by atoms with E-state index in [-0.39, 0.29) is 31.1 Å². The van der Waals surface area contributed by atoms with Crippen molar-refractivity contribution in [3.63, 3.8) is 0 Å². The largest absolute Gasteiger partial charge is 0.462 e. The Morgan fingerprint density at radius 2 is 0.507 bits per heavy atom. The highest BCUT2D eigenvalue weighted by Crippen LogP contribution is 2.14. The van der Waals surface area contributed by atoms with Crippen molar-refractivity contribution >= 4 is 17.9 Å². The molecule has 0 radical (unpaired) electrons. The normalized spacial score (nSPS) is 13.1. The number of rotatable bonds is 50. The summed E-state index contributed by atoms with van der Waals surface area (Å²) in [6.45, 7) is 6.26. The Bertz CT molecular complexity index is 1550. The summed E-state index contributed by atoms with van der Waals surface area (Å²) < 4.78 is 16.8.